The quantitative estimate of drug-likeness (QED) is 0.675. The molecule has 6 nitrogen and oxygen atoms in total. The fraction of sp³-hybridized carbons (Fsp3) is 0.250. The third-order valence-electron chi connectivity index (χ3n) is 5.33. The number of fused-ring (bicyclic) bond motifs is 2. The van der Waals surface area contributed by atoms with E-state index in [-0.39, 0.29) is 12.7 Å². The van der Waals surface area contributed by atoms with Gasteiger partial charge in [0.15, 0.2) is 11.5 Å². The summed E-state index contributed by atoms with van der Waals surface area (Å²) in [5.41, 5.74) is 9.11. The van der Waals surface area contributed by atoms with Crippen LogP contribution in [0.5, 0.6) is 11.5 Å². The van der Waals surface area contributed by atoms with Gasteiger partial charge >= 0.3 is 0 Å². The van der Waals surface area contributed by atoms with Crippen LogP contribution in [0.3, 0.4) is 0 Å². The second-order valence-corrected chi connectivity index (χ2v) is 6.89. The third kappa shape index (κ3) is 2.26. The molecule has 0 saturated heterocycles. The predicted octanol–water partition coefficient (Wildman–Crippen LogP) is 3.03. The van der Waals surface area contributed by atoms with Crippen molar-refractivity contribution in [2.75, 3.05) is 12.1 Å². The molecule has 0 bridgehead atoms. The maximum atomic E-state index is 13.0. The smallest absolute Gasteiger partial charge is 0.235 e. The molecule has 0 unspecified atom stereocenters. The van der Waals surface area contributed by atoms with Crippen molar-refractivity contribution in [3.05, 3.63) is 53.7 Å². The molecule has 1 aliphatic heterocycles. The van der Waals surface area contributed by atoms with Crippen molar-refractivity contribution in [1.29, 1.82) is 0 Å². The molecule has 3 aromatic rings. The van der Waals surface area contributed by atoms with Gasteiger partial charge in [-0.1, -0.05) is 6.07 Å². The number of rotatable bonds is 4. The number of H-pyrrole nitrogens is 1. The standard InChI is InChI=1S/C20H19N3O3/c21-10-13-8-15(7-12-3-6-22-18(12)13)23-19(24)20(4-5-20)14-1-2-16-17(9-14)26-11-25-16/h1-3,6-9,22H,4-5,10-11,21H2,(H,23,24). The summed E-state index contributed by atoms with van der Waals surface area (Å²) in [6.45, 7) is 0.643. The molecule has 2 heterocycles. The summed E-state index contributed by atoms with van der Waals surface area (Å²) in [4.78, 5) is 16.2. The number of ether oxygens (including phenoxy) is 2. The second kappa shape index (κ2) is 5.51. The molecule has 2 aromatic carbocycles. The average molecular weight is 349 g/mol. The minimum absolute atomic E-state index is 0.00854. The Bertz CT molecular complexity index is 1020. The van der Waals surface area contributed by atoms with Gasteiger partial charge in [-0.2, -0.15) is 0 Å². The van der Waals surface area contributed by atoms with E-state index >= 15 is 0 Å². The first-order chi connectivity index (χ1) is 12.7. The minimum atomic E-state index is -0.489. The van der Waals surface area contributed by atoms with Crippen LogP contribution in [0.1, 0.15) is 24.0 Å². The lowest BCUT2D eigenvalue weighted by molar-refractivity contribution is -0.118. The first kappa shape index (κ1) is 15.3. The van der Waals surface area contributed by atoms with E-state index in [0.717, 1.165) is 46.3 Å². The van der Waals surface area contributed by atoms with Crippen molar-refractivity contribution in [1.82, 2.24) is 4.98 Å². The molecule has 0 spiro atoms. The molecular weight excluding hydrogens is 330 g/mol. The third-order valence-corrected chi connectivity index (χ3v) is 5.33. The molecule has 5 rings (SSSR count). The topological polar surface area (TPSA) is 89.4 Å². The zero-order valence-corrected chi connectivity index (χ0v) is 14.2. The number of anilines is 1. The summed E-state index contributed by atoms with van der Waals surface area (Å²) in [5, 5.41) is 4.13. The zero-order chi connectivity index (χ0) is 17.7. The van der Waals surface area contributed by atoms with E-state index in [9.17, 15) is 4.79 Å². The molecule has 4 N–H and O–H groups in total. The monoisotopic (exact) mass is 349 g/mol. The fourth-order valence-electron chi connectivity index (χ4n) is 3.70. The predicted molar refractivity (Wildman–Crippen MR) is 98.3 cm³/mol. The highest BCUT2D eigenvalue weighted by Crippen LogP contribution is 2.51. The Balaban J connectivity index is 1.45. The summed E-state index contributed by atoms with van der Waals surface area (Å²) in [6.07, 6.45) is 3.54. The molecule has 1 aliphatic carbocycles. The molecule has 132 valence electrons. The number of nitrogens with one attached hydrogen (secondary N) is 2. The normalized spacial score (nSPS) is 16.7. The molecule has 6 heteroatoms. The highest BCUT2D eigenvalue weighted by atomic mass is 16.7. The largest absolute Gasteiger partial charge is 0.454 e. The molecule has 0 atom stereocenters. The van der Waals surface area contributed by atoms with Crippen molar-refractivity contribution >= 4 is 22.5 Å². The molecule has 1 aromatic heterocycles. The van der Waals surface area contributed by atoms with Crippen LogP contribution in [0.25, 0.3) is 10.9 Å². The number of amides is 1. The van der Waals surface area contributed by atoms with E-state index < -0.39 is 5.41 Å². The van der Waals surface area contributed by atoms with Gasteiger partial charge in [0.25, 0.3) is 0 Å². The van der Waals surface area contributed by atoms with E-state index in [0.29, 0.717) is 12.3 Å². The number of hydrogen-bond acceptors (Lipinski definition) is 4. The van der Waals surface area contributed by atoms with Crippen LogP contribution < -0.4 is 20.5 Å². The number of carbonyl (C=O) groups is 1. The Labute approximate surface area is 150 Å². The molecular formula is C20H19N3O3. The first-order valence-corrected chi connectivity index (χ1v) is 8.71. The number of aromatic nitrogens is 1. The van der Waals surface area contributed by atoms with Crippen LogP contribution in [-0.4, -0.2) is 17.7 Å². The molecule has 1 amide bonds. The summed E-state index contributed by atoms with van der Waals surface area (Å²) in [5.74, 6) is 1.45. The lowest BCUT2D eigenvalue weighted by Gasteiger charge is -2.17. The SMILES string of the molecule is NCc1cc(NC(=O)C2(c3ccc4c(c3)OCO4)CC2)cc2cc[nH]c12. The van der Waals surface area contributed by atoms with Crippen LogP contribution in [0.15, 0.2) is 42.6 Å². The number of nitrogens with two attached hydrogens (primary N) is 1. The lowest BCUT2D eigenvalue weighted by Crippen LogP contribution is -2.27. The first-order valence-electron chi connectivity index (χ1n) is 8.71. The van der Waals surface area contributed by atoms with Gasteiger partial charge < -0.3 is 25.5 Å². The Hall–Kier alpha value is -2.99. The summed E-state index contributed by atoms with van der Waals surface area (Å²) in [7, 11) is 0. The van der Waals surface area contributed by atoms with E-state index in [1.807, 2.05) is 42.6 Å². The Morgan fingerprint density at radius 1 is 1.15 bits per heavy atom. The maximum Gasteiger partial charge on any atom is 0.235 e. The Morgan fingerprint density at radius 3 is 2.81 bits per heavy atom. The minimum Gasteiger partial charge on any atom is -0.454 e. The van der Waals surface area contributed by atoms with E-state index in [1.54, 1.807) is 0 Å². The maximum absolute atomic E-state index is 13.0. The van der Waals surface area contributed by atoms with Crippen molar-refractivity contribution in [2.45, 2.75) is 24.8 Å². The van der Waals surface area contributed by atoms with E-state index in [4.69, 9.17) is 15.2 Å². The Morgan fingerprint density at radius 2 is 2.00 bits per heavy atom. The summed E-state index contributed by atoms with van der Waals surface area (Å²) >= 11 is 0. The van der Waals surface area contributed by atoms with Gasteiger partial charge in [0.2, 0.25) is 12.7 Å². The fourth-order valence-corrected chi connectivity index (χ4v) is 3.70. The highest BCUT2D eigenvalue weighted by Gasteiger charge is 2.51. The van der Waals surface area contributed by atoms with Gasteiger partial charge in [-0.05, 0) is 54.3 Å². The van der Waals surface area contributed by atoms with E-state index in [2.05, 4.69) is 10.3 Å². The van der Waals surface area contributed by atoms with Crippen molar-refractivity contribution in [3.8, 4) is 11.5 Å². The number of carbonyl (C=O) groups excluding carboxylic acids is 1. The zero-order valence-electron chi connectivity index (χ0n) is 14.2. The van der Waals surface area contributed by atoms with Gasteiger partial charge in [0, 0.05) is 23.8 Å². The number of hydrogen-bond donors (Lipinski definition) is 3. The van der Waals surface area contributed by atoms with Gasteiger partial charge in [0.1, 0.15) is 0 Å². The van der Waals surface area contributed by atoms with Crippen LogP contribution in [-0.2, 0) is 16.8 Å². The van der Waals surface area contributed by atoms with Gasteiger partial charge in [-0.25, -0.2) is 0 Å². The van der Waals surface area contributed by atoms with Crippen LogP contribution >= 0.6 is 0 Å². The number of aromatic amines is 1. The van der Waals surface area contributed by atoms with Gasteiger partial charge in [-0.15, -0.1) is 0 Å². The van der Waals surface area contributed by atoms with Crippen LogP contribution in [0, 0.1) is 0 Å². The Kier molecular flexibility index (Phi) is 3.24. The van der Waals surface area contributed by atoms with E-state index in [1.165, 1.54) is 0 Å². The molecule has 0 radical (unpaired) electrons. The van der Waals surface area contributed by atoms with Crippen molar-refractivity contribution in [2.24, 2.45) is 5.73 Å². The second-order valence-electron chi connectivity index (χ2n) is 6.89. The van der Waals surface area contributed by atoms with Gasteiger partial charge in [-0.3, -0.25) is 4.79 Å². The lowest BCUT2D eigenvalue weighted by atomic mass is 9.94. The van der Waals surface area contributed by atoms with Crippen LogP contribution in [0.4, 0.5) is 5.69 Å². The van der Waals surface area contributed by atoms with Crippen molar-refractivity contribution < 1.29 is 14.3 Å². The molecule has 1 fully saturated rings. The molecule has 2 aliphatic rings. The molecule has 1 saturated carbocycles. The highest BCUT2D eigenvalue weighted by molar-refractivity contribution is 6.03. The van der Waals surface area contributed by atoms with Crippen molar-refractivity contribution in [3.63, 3.8) is 0 Å². The molecule has 26 heavy (non-hydrogen) atoms. The summed E-state index contributed by atoms with van der Waals surface area (Å²) < 4.78 is 10.8. The summed E-state index contributed by atoms with van der Waals surface area (Å²) in [6, 6.07) is 11.7. The van der Waals surface area contributed by atoms with Gasteiger partial charge in [0.05, 0.1) is 10.9 Å². The average Bonchev–Trinajstić information content (AvgIpc) is 3.11. The number of benzene rings is 2. The van der Waals surface area contributed by atoms with Crippen LogP contribution in [0.2, 0.25) is 0 Å².